The highest BCUT2D eigenvalue weighted by Crippen LogP contribution is 2.37. The molecule has 2 aromatic rings. The number of hydrogen-bond acceptors (Lipinski definition) is 3. The summed E-state index contributed by atoms with van der Waals surface area (Å²) in [6.45, 7) is 2.72. The van der Waals surface area contributed by atoms with Crippen molar-refractivity contribution >= 4 is 11.4 Å². The van der Waals surface area contributed by atoms with Crippen LogP contribution in [-0.2, 0) is 6.18 Å². The number of hydrogen-bond donors (Lipinski definition) is 0. The first-order valence-electron chi connectivity index (χ1n) is 7.94. The van der Waals surface area contributed by atoms with Gasteiger partial charge in [-0.2, -0.15) is 13.2 Å². The van der Waals surface area contributed by atoms with Gasteiger partial charge in [0.1, 0.15) is 0 Å². The molecular weight excluding hydrogens is 333 g/mol. The van der Waals surface area contributed by atoms with Gasteiger partial charge in [0, 0.05) is 36.3 Å². The highest BCUT2D eigenvalue weighted by atomic mass is 19.4. The van der Waals surface area contributed by atoms with E-state index in [0.717, 1.165) is 29.8 Å². The van der Waals surface area contributed by atoms with Gasteiger partial charge in [0.2, 0.25) is 0 Å². The van der Waals surface area contributed by atoms with Crippen LogP contribution in [0.3, 0.4) is 0 Å². The van der Waals surface area contributed by atoms with Gasteiger partial charge in [-0.05, 0) is 43.2 Å². The third-order valence-corrected chi connectivity index (χ3v) is 4.68. The molecule has 1 heterocycles. The monoisotopic (exact) mass is 350 g/mol. The Morgan fingerprint density at radius 1 is 1.08 bits per heavy atom. The minimum Gasteiger partial charge on any atom is -0.368 e. The number of benzene rings is 2. The van der Waals surface area contributed by atoms with E-state index in [0.29, 0.717) is 6.54 Å². The Morgan fingerprint density at radius 3 is 2.20 bits per heavy atom. The summed E-state index contributed by atoms with van der Waals surface area (Å²) < 4.78 is 38.0. The zero-order valence-corrected chi connectivity index (χ0v) is 13.5. The van der Waals surface area contributed by atoms with E-state index >= 15 is 0 Å². The second-order valence-electron chi connectivity index (χ2n) is 6.33. The molecule has 132 valence electrons. The fourth-order valence-electron chi connectivity index (χ4n) is 3.34. The van der Waals surface area contributed by atoms with E-state index in [4.69, 9.17) is 0 Å². The quantitative estimate of drug-likeness (QED) is 0.578. The molecule has 0 spiro atoms. The van der Waals surface area contributed by atoms with Crippen LogP contribution < -0.4 is 4.90 Å². The first-order chi connectivity index (χ1) is 11.8. The molecule has 0 radical (unpaired) electrons. The third-order valence-electron chi connectivity index (χ3n) is 4.68. The van der Waals surface area contributed by atoms with Crippen LogP contribution in [0.2, 0.25) is 0 Å². The average molecular weight is 350 g/mol. The van der Waals surface area contributed by atoms with Gasteiger partial charge in [-0.1, -0.05) is 12.1 Å². The topological polar surface area (TPSA) is 46.4 Å². The van der Waals surface area contributed by atoms with Crippen LogP contribution in [-0.4, -0.2) is 17.5 Å². The fourth-order valence-corrected chi connectivity index (χ4v) is 3.34. The summed E-state index contributed by atoms with van der Waals surface area (Å²) >= 11 is 0. The Hall–Kier alpha value is -2.57. The minimum absolute atomic E-state index is 0.0369. The molecule has 0 N–H and O–H groups in total. The van der Waals surface area contributed by atoms with E-state index in [1.165, 1.54) is 12.1 Å². The van der Waals surface area contributed by atoms with E-state index in [-0.39, 0.29) is 17.6 Å². The fraction of sp³-hybridized carbons (Fsp3) is 0.333. The Kier molecular flexibility index (Phi) is 4.41. The summed E-state index contributed by atoms with van der Waals surface area (Å²) in [6, 6.07) is 11.9. The molecule has 0 saturated carbocycles. The Balaban J connectivity index is 1.76. The lowest BCUT2D eigenvalue weighted by atomic mass is 9.96. The van der Waals surface area contributed by atoms with Crippen LogP contribution in [0.5, 0.6) is 0 Å². The number of halogens is 3. The standard InChI is InChI=1S/C18H17F3N2O2/c1-12-10-14(13-2-4-15(5-3-13)18(19,20)21)11-22(12)16-6-8-17(9-7-16)23(24)25/h2-9,12,14H,10-11H2,1H3/t12-,14?/m1/s1. The maximum absolute atomic E-state index is 12.7. The van der Waals surface area contributed by atoms with Crippen molar-refractivity contribution in [2.75, 3.05) is 11.4 Å². The maximum atomic E-state index is 12.7. The second kappa shape index (κ2) is 6.38. The summed E-state index contributed by atoms with van der Waals surface area (Å²) in [5.74, 6) is 0.132. The van der Waals surface area contributed by atoms with E-state index in [2.05, 4.69) is 4.90 Å². The van der Waals surface area contributed by atoms with E-state index < -0.39 is 16.7 Å². The van der Waals surface area contributed by atoms with Gasteiger partial charge < -0.3 is 4.90 Å². The average Bonchev–Trinajstić information content (AvgIpc) is 2.96. The molecular formula is C18H17F3N2O2. The van der Waals surface area contributed by atoms with Gasteiger partial charge in [-0.3, -0.25) is 10.1 Å². The predicted octanol–water partition coefficient (Wildman–Crippen LogP) is 5.00. The molecule has 4 nitrogen and oxygen atoms in total. The molecule has 7 heteroatoms. The number of nitro benzene ring substituents is 1. The Bertz CT molecular complexity index is 757. The molecule has 25 heavy (non-hydrogen) atoms. The summed E-state index contributed by atoms with van der Waals surface area (Å²) in [7, 11) is 0. The van der Waals surface area contributed by atoms with Gasteiger partial charge in [0.05, 0.1) is 10.5 Å². The van der Waals surface area contributed by atoms with Crippen molar-refractivity contribution in [1.82, 2.24) is 0 Å². The van der Waals surface area contributed by atoms with Crippen LogP contribution in [0.25, 0.3) is 0 Å². The smallest absolute Gasteiger partial charge is 0.368 e. The Labute approximate surface area is 143 Å². The second-order valence-corrected chi connectivity index (χ2v) is 6.33. The normalized spacial score (nSPS) is 20.7. The first kappa shape index (κ1) is 17.3. The summed E-state index contributed by atoms with van der Waals surface area (Å²) in [4.78, 5) is 12.4. The number of non-ortho nitro benzene ring substituents is 1. The van der Waals surface area contributed by atoms with E-state index in [1.54, 1.807) is 24.3 Å². The van der Waals surface area contributed by atoms with Crippen LogP contribution in [0.4, 0.5) is 24.5 Å². The van der Waals surface area contributed by atoms with Gasteiger partial charge in [-0.15, -0.1) is 0 Å². The van der Waals surface area contributed by atoms with Crippen LogP contribution >= 0.6 is 0 Å². The molecule has 0 aromatic heterocycles. The van der Waals surface area contributed by atoms with Crippen LogP contribution in [0, 0.1) is 10.1 Å². The molecule has 1 fully saturated rings. The number of rotatable bonds is 3. The number of alkyl halides is 3. The molecule has 1 saturated heterocycles. The molecule has 2 atom stereocenters. The SMILES string of the molecule is C[C@@H]1CC(c2ccc(C(F)(F)F)cc2)CN1c1ccc([N+](=O)[O-])cc1. The molecule has 1 aliphatic heterocycles. The third kappa shape index (κ3) is 3.60. The minimum atomic E-state index is -4.33. The maximum Gasteiger partial charge on any atom is 0.416 e. The molecule has 1 aliphatic rings. The molecule has 1 unspecified atom stereocenters. The lowest BCUT2D eigenvalue weighted by Gasteiger charge is -2.23. The van der Waals surface area contributed by atoms with Crippen molar-refractivity contribution < 1.29 is 18.1 Å². The number of anilines is 1. The first-order valence-corrected chi connectivity index (χ1v) is 7.94. The summed E-state index contributed by atoms with van der Waals surface area (Å²) in [5.41, 5.74) is 1.15. The van der Waals surface area contributed by atoms with E-state index in [1.807, 2.05) is 6.92 Å². The summed E-state index contributed by atoms with van der Waals surface area (Å²) in [5, 5.41) is 10.7. The van der Waals surface area contributed by atoms with E-state index in [9.17, 15) is 23.3 Å². The molecule has 3 rings (SSSR count). The number of nitrogens with zero attached hydrogens (tertiary/aromatic N) is 2. The van der Waals surface area contributed by atoms with Gasteiger partial charge in [-0.25, -0.2) is 0 Å². The number of nitro groups is 1. The van der Waals surface area contributed by atoms with Crippen LogP contribution in [0.15, 0.2) is 48.5 Å². The predicted molar refractivity (Wildman–Crippen MR) is 88.7 cm³/mol. The van der Waals surface area contributed by atoms with Gasteiger partial charge in [0.15, 0.2) is 0 Å². The van der Waals surface area contributed by atoms with Crippen molar-refractivity contribution in [2.24, 2.45) is 0 Å². The van der Waals surface area contributed by atoms with Crippen molar-refractivity contribution in [3.05, 3.63) is 69.8 Å². The largest absolute Gasteiger partial charge is 0.416 e. The zero-order chi connectivity index (χ0) is 18.2. The highest BCUT2D eigenvalue weighted by molar-refractivity contribution is 5.53. The lowest BCUT2D eigenvalue weighted by Crippen LogP contribution is -2.26. The van der Waals surface area contributed by atoms with Gasteiger partial charge in [0.25, 0.3) is 5.69 Å². The summed E-state index contributed by atoms with van der Waals surface area (Å²) in [6.07, 6.45) is -3.51. The highest BCUT2D eigenvalue weighted by Gasteiger charge is 2.33. The molecule has 2 aromatic carbocycles. The lowest BCUT2D eigenvalue weighted by molar-refractivity contribution is -0.384. The van der Waals surface area contributed by atoms with Crippen molar-refractivity contribution in [2.45, 2.75) is 31.5 Å². The van der Waals surface area contributed by atoms with Gasteiger partial charge >= 0.3 is 6.18 Å². The molecule has 0 amide bonds. The van der Waals surface area contributed by atoms with Crippen molar-refractivity contribution in [1.29, 1.82) is 0 Å². The molecule has 0 bridgehead atoms. The zero-order valence-electron chi connectivity index (χ0n) is 13.5. The van der Waals surface area contributed by atoms with Crippen molar-refractivity contribution in [3.63, 3.8) is 0 Å². The van der Waals surface area contributed by atoms with Crippen LogP contribution in [0.1, 0.15) is 30.4 Å². The molecule has 0 aliphatic carbocycles. The Morgan fingerprint density at radius 2 is 1.68 bits per heavy atom. The van der Waals surface area contributed by atoms with Crippen molar-refractivity contribution in [3.8, 4) is 0 Å².